The average molecular weight is 364 g/mol. The van der Waals surface area contributed by atoms with Gasteiger partial charge in [-0.3, -0.25) is 4.79 Å². The molecule has 0 radical (unpaired) electrons. The minimum Gasteiger partial charge on any atom is -0.321 e. The second-order valence-corrected chi connectivity index (χ2v) is 8.73. The molecule has 0 unspecified atom stereocenters. The number of thiophene rings is 1. The molecule has 1 aromatic carbocycles. The number of para-hydroxylation sites is 1. The molecule has 1 fully saturated rings. The van der Waals surface area contributed by atoms with Crippen LogP contribution in [0.25, 0.3) is 0 Å². The van der Waals surface area contributed by atoms with Crippen LogP contribution in [0.1, 0.15) is 35.9 Å². The fourth-order valence-electron chi connectivity index (χ4n) is 2.85. The Morgan fingerprint density at radius 2 is 2.00 bits per heavy atom. The summed E-state index contributed by atoms with van der Waals surface area (Å²) in [4.78, 5) is 12.9. The van der Waals surface area contributed by atoms with Crippen LogP contribution < -0.4 is 5.32 Å². The van der Waals surface area contributed by atoms with Crippen LogP contribution in [0, 0.1) is 0 Å². The number of hydrogen-bond donors (Lipinski definition) is 1. The number of amides is 1. The molecule has 1 saturated heterocycles. The second kappa shape index (κ2) is 7.04. The number of carbonyl (C=O) groups excluding carboxylic acids is 1. The van der Waals surface area contributed by atoms with Gasteiger partial charge in [0.05, 0.1) is 9.77 Å². The molecule has 3 rings (SSSR count). The topological polar surface area (TPSA) is 66.5 Å². The number of sulfonamides is 1. The predicted octanol–water partition coefficient (Wildman–Crippen LogP) is 3.56. The summed E-state index contributed by atoms with van der Waals surface area (Å²) in [7, 11) is -3.53. The van der Waals surface area contributed by atoms with Gasteiger partial charge in [0.15, 0.2) is 0 Å². The van der Waals surface area contributed by atoms with Crippen LogP contribution in [0.2, 0.25) is 0 Å². The zero-order valence-corrected chi connectivity index (χ0v) is 15.1. The van der Waals surface area contributed by atoms with E-state index in [0.717, 1.165) is 30.6 Å². The van der Waals surface area contributed by atoms with E-state index < -0.39 is 10.0 Å². The van der Waals surface area contributed by atoms with E-state index in [1.54, 1.807) is 21.8 Å². The van der Waals surface area contributed by atoms with Crippen LogP contribution in [0.4, 0.5) is 5.69 Å². The van der Waals surface area contributed by atoms with Gasteiger partial charge < -0.3 is 5.32 Å². The van der Waals surface area contributed by atoms with Crippen LogP contribution in [0.15, 0.2) is 46.7 Å². The maximum Gasteiger partial charge on any atom is 0.265 e. The Morgan fingerprint density at radius 1 is 1.25 bits per heavy atom. The van der Waals surface area contributed by atoms with Crippen molar-refractivity contribution in [3.8, 4) is 0 Å². The van der Waals surface area contributed by atoms with Crippen LogP contribution >= 0.6 is 11.3 Å². The summed E-state index contributed by atoms with van der Waals surface area (Å²) >= 11 is 1.15. The molecule has 1 aliphatic rings. The Bertz CT molecular complexity index is 815. The number of benzene rings is 1. The standard InChI is InChI=1S/C17H20N2O3S2/c1-13-7-5-6-10-19(13)24(21,22)15-11-16(23-12-15)17(20)18-14-8-3-2-4-9-14/h2-4,8-9,11-13H,5-7,10H2,1H3,(H,18,20)/t13-/m0/s1. The first-order valence-electron chi connectivity index (χ1n) is 7.95. The van der Waals surface area contributed by atoms with Gasteiger partial charge in [-0.1, -0.05) is 24.6 Å². The maximum atomic E-state index is 12.8. The molecule has 7 heteroatoms. The summed E-state index contributed by atoms with van der Waals surface area (Å²) in [5.41, 5.74) is 0.685. The molecule has 0 spiro atoms. The van der Waals surface area contributed by atoms with E-state index in [-0.39, 0.29) is 16.8 Å². The molecule has 1 aliphatic heterocycles. The third-order valence-corrected chi connectivity index (χ3v) is 7.25. The lowest BCUT2D eigenvalue weighted by atomic mass is 10.1. The Morgan fingerprint density at radius 3 is 2.71 bits per heavy atom. The Labute approximate surface area is 146 Å². The largest absolute Gasteiger partial charge is 0.321 e. The van der Waals surface area contributed by atoms with Crippen molar-refractivity contribution in [2.75, 3.05) is 11.9 Å². The lowest BCUT2D eigenvalue weighted by Crippen LogP contribution is -2.41. The summed E-state index contributed by atoms with van der Waals surface area (Å²) in [6, 6.07) is 10.6. The number of nitrogens with zero attached hydrogens (tertiary/aromatic N) is 1. The molecular formula is C17H20N2O3S2. The van der Waals surface area contributed by atoms with Crippen molar-refractivity contribution in [3.63, 3.8) is 0 Å². The quantitative estimate of drug-likeness (QED) is 0.902. The van der Waals surface area contributed by atoms with Crippen molar-refractivity contribution >= 4 is 33.0 Å². The van der Waals surface area contributed by atoms with E-state index >= 15 is 0 Å². The molecule has 2 aromatic rings. The van der Waals surface area contributed by atoms with Gasteiger partial charge in [0.2, 0.25) is 10.0 Å². The molecule has 1 N–H and O–H groups in total. The van der Waals surface area contributed by atoms with Gasteiger partial charge in [-0.25, -0.2) is 8.42 Å². The molecule has 24 heavy (non-hydrogen) atoms. The SMILES string of the molecule is C[C@H]1CCCCN1S(=O)(=O)c1csc(C(=O)Nc2ccccc2)c1. The van der Waals surface area contributed by atoms with Gasteiger partial charge in [0.1, 0.15) is 0 Å². The minimum atomic E-state index is -3.53. The number of rotatable bonds is 4. The van der Waals surface area contributed by atoms with Crippen LogP contribution in [0.5, 0.6) is 0 Å². The molecule has 1 amide bonds. The highest BCUT2D eigenvalue weighted by molar-refractivity contribution is 7.89. The van der Waals surface area contributed by atoms with Crippen molar-refractivity contribution < 1.29 is 13.2 Å². The number of piperidine rings is 1. The van der Waals surface area contributed by atoms with Gasteiger partial charge in [-0.2, -0.15) is 4.31 Å². The summed E-state index contributed by atoms with van der Waals surface area (Å²) in [6.07, 6.45) is 2.82. The van der Waals surface area contributed by atoms with Crippen LogP contribution in [-0.4, -0.2) is 31.2 Å². The third-order valence-electron chi connectivity index (χ3n) is 4.18. The van der Waals surface area contributed by atoms with Gasteiger partial charge in [0, 0.05) is 23.7 Å². The molecule has 1 atom stereocenters. The summed E-state index contributed by atoms with van der Waals surface area (Å²) in [5, 5.41) is 4.33. The average Bonchev–Trinajstić information content (AvgIpc) is 3.07. The molecule has 128 valence electrons. The number of carbonyl (C=O) groups is 1. The molecule has 5 nitrogen and oxygen atoms in total. The normalized spacial score (nSPS) is 19.1. The smallest absolute Gasteiger partial charge is 0.265 e. The van der Waals surface area contributed by atoms with E-state index in [0.29, 0.717) is 17.1 Å². The molecule has 1 aromatic heterocycles. The fourth-order valence-corrected chi connectivity index (χ4v) is 5.71. The first-order chi connectivity index (χ1) is 11.5. The van der Waals surface area contributed by atoms with Crippen LogP contribution in [0.3, 0.4) is 0 Å². The maximum absolute atomic E-state index is 12.8. The highest BCUT2D eigenvalue weighted by Crippen LogP contribution is 2.28. The Hall–Kier alpha value is -1.70. The first kappa shape index (κ1) is 17.1. The second-order valence-electron chi connectivity index (χ2n) is 5.93. The van der Waals surface area contributed by atoms with Gasteiger partial charge in [0.25, 0.3) is 5.91 Å². The van der Waals surface area contributed by atoms with Crippen molar-refractivity contribution in [3.05, 3.63) is 46.7 Å². The van der Waals surface area contributed by atoms with Crippen molar-refractivity contribution in [2.45, 2.75) is 37.1 Å². The fraction of sp³-hybridized carbons (Fsp3) is 0.353. The monoisotopic (exact) mass is 364 g/mol. The number of hydrogen-bond acceptors (Lipinski definition) is 4. The van der Waals surface area contributed by atoms with E-state index in [4.69, 9.17) is 0 Å². The van der Waals surface area contributed by atoms with E-state index in [1.807, 2.05) is 25.1 Å². The zero-order valence-electron chi connectivity index (χ0n) is 13.4. The highest BCUT2D eigenvalue weighted by atomic mass is 32.2. The molecule has 0 bridgehead atoms. The Balaban J connectivity index is 1.78. The predicted molar refractivity (Wildman–Crippen MR) is 95.9 cm³/mol. The zero-order chi connectivity index (χ0) is 17.2. The first-order valence-corrected chi connectivity index (χ1v) is 10.3. The number of anilines is 1. The Kier molecular flexibility index (Phi) is 5.03. The van der Waals surface area contributed by atoms with Crippen molar-refractivity contribution in [1.82, 2.24) is 4.31 Å². The summed E-state index contributed by atoms with van der Waals surface area (Å²) in [5.74, 6) is -0.292. The summed E-state index contributed by atoms with van der Waals surface area (Å²) in [6.45, 7) is 2.48. The lowest BCUT2D eigenvalue weighted by Gasteiger charge is -2.31. The third kappa shape index (κ3) is 3.53. The van der Waals surface area contributed by atoms with Gasteiger partial charge >= 0.3 is 0 Å². The summed E-state index contributed by atoms with van der Waals surface area (Å²) < 4.78 is 27.1. The highest BCUT2D eigenvalue weighted by Gasteiger charge is 2.32. The van der Waals surface area contributed by atoms with E-state index in [1.165, 1.54) is 6.07 Å². The van der Waals surface area contributed by atoms with Crippen LogP contribution in [-0.2, 0) is 10.0 Å². The van der Waals surface area contributed by atoms with Gasteiger partial charge in [-0.15, -0.1) is 11.3 Å². The van der Waals surface area contributed by atoms with E-state index in [9.17, 15) is 13.2 Å². The molecular weight excluding hydrogens is 344 g/mol. The lowest BCUT2D eigenvalue weighted by molar-refractivity contribution is 0.103. The molecule has 0 saturated carbocycles. The van der Waals surface area contributed by atoms with E-state index in [2.05, 4.69) is 5.32 Å². The van der Waals surface area contributed by atoms with Crippen molar-refractivity contribution in [1.29, 1.82) is 0 Å². The minimum absolute atomic E-state index is 0.00486. The van der Waals surface area contributed by atoms with Crippen molar-refractivity contribution in [2.24, 2.45) is 0 Å². The molecule has 0 aliphatic carbocycles. The molecule has 2 heterocycles. The van der Waals surface area contributed by atoms with Gasteiger partial charge in [-0.05, 0) is 38.0 Å². The number of nitrogens with one attached hydrogen (secondary N) is 1.